The van der Waals surface area contributed by atoms with E-state index in [2.05, 4.69) is 20.8 Å². The van der Waals surface area contributed by atoms with E-state index in [1.54, 1.807) is 0 Å². The number of nitrogens with zero attached hydrogens (tertiary/aromatic N) is 2. The Bertz CT molecular complexity index is 1700. The summed E-state index contributed by atoms with van der Waals surface area (Å²) in [6, 6.07) is 30.5. The Morgan fingerprint density at radius 1 is 0.538 bits per heavy atom. The highest BCUT2D eigenvalue weighted by Crippen LogP contribution is 2.34. The van der Waals surface area contributed by atoms with Crippen LogP contribution in [0.3, 0.4) is 0 Å². The summed E-state index contributed by atoms with van der Waals surface area (Å²) >= 11 is 0. The fraction of sp³-hybridized carbons (Fsp3) is 0. The molecule has 5 aromatic rings. The van der Waals surface area contributed by atoms with Crippen molar-refractivity contribution in [2.24, 2.45) is 0 Å². The summed E-state index contributed by atoms with van der Waals surface area (Å²) in [6.45, 7) is 0. The molecule has 0 bridgehead atoms. The molecular weight excluding hydrogens is 488 g/mol. The highest BCUT2D eigenvalue weighted by atomic mass is 16.4. The van der Waals surface area contributed by atoms with E-state index in [1.807, 2.05) is 109 Å². The minimum atomic E-state index is -0.111. The van der Waals surface area contributed by atoms with Gasteiger partial charge in [0.2, 0.25) is 11.8 Å². The number of aromatic nitrogens is 2. The molecule has 186 valence electrons. The second-order valence-electron chi connectivity index (χ2n) is 9.27. The first-order valence-electron chi connectivity index (χ1n) is 12.4. The standard InChI is InChI=1S/C32H20N4O3/c37-29-25(23-5-1-3-7-27(23)33-29)17-19-9-13-21(14-10-19)31-35-36-32(39-31)22-15-11-20(12-16-22)18-26-24-6-2-4-8-28(24)34-30(26)38/h1-18H,(H,33,37)(H,34,38)/b25-17-,26-18-. The SMILES string of the molecule is O=C1Nc2ccccc2/C1=C/c1ccc(-c2nnc(-c3ccc(/C=C4\C(=O)Nc5ccccc54)cc3)o2)cc1. The van der Waals surface area contributed by atoms with Gasteiger partial charge in [-0.2, -0.15) is 0 Å². The van der Waals surface area contributed by atoms with Gasteiger partial charge in [-0.25, -0.2) is 0 Å². The summed E-state index contributed by atoms with van der Waals surface area (Å²) in [7, 11) is 0. The molecule has 2 aliphatic heterocycles. The molecule has 2 amide bonds. The minimum absolute atomic E-state index is 0.111. The average Bonchev–Trinajstić information content (AvgIpc) is 3.66. The first-order valence-corrected chi connectivity index (χ1v) is 12.4. The number of carbonyl (C=O) groups is 2. The molecule has 2 aliphatic rings. The van der Waals surface area contributed by atoms with Crippen LogP contribution in [0.25, 0.3) is 46.2 Å². The summed E-state index contributed by atoms with van der Waals surface area (Å²) in [6.07, 6.45) is 3.74. The van der Waals surface area contributed by atoms with Gasteiger partial charge in [0.05, 0.1) is 0 Å². The largest absolute Gasteiger partial charge is 0.416 e. The number of carbonyl (C=O) groups excluding carboxylic acids is 2. The van der Waals surface area contributed by atoms with Crippen LogP contribution in [0, 0.1) is 0 Å². The highest BCUT2D eigenvalue weighted by molar-refractivity contribution is 6.35. The molecule has 0 radical (unpaired) electrons. The first-order chi connectivity index (χ1) is 19.1. The van der Waals surface area contributed by atoms with Crippen molar-refractivity contribution in [3.63, 3.8) is 0 Å². The van der Waals surface area contributed by atoms with Crippen LogP contribution >= 0.6 is 0 Å². The minimum Gasteiger partial charge on any atom is -0.416 e. The number of amides is 2. The van der Waals surface area contributed by atoms with Gasteiger partial charge >= 0.3 is 0 Å². The zero-order valence-corrected chi connectivity index (χ0v) is 20.5. The molecule has 4 aromatic carbocycles. The monoisotopic (exact) mass is 508 g/mol. The van der Waals surface area contributed by atoms with Crippen LogP contribution in [-0.2, 0) is 9.59 Å². The molecule has 2 N–H and O–H groups in total. The van der Waals surface area contributed by atoms with Crippen molar-refractivity contribution in [1.82, 2.24) is 10.2 Å². The van der Waals surface area contributed by atoms with Gasteiger partial charge in [0.1, 0.15) is 0 Å². The normalized spacial score (nSPS) is 15.8. The molecule has 39 heavy (non-hydrogen) atoms. The van der Waals surface area contributed by atoms with Gasteiger partial charge in [0.25, 0.3) is 11.8 Å². The maximum atomic E-state index is 12.4. The van der Waals surface area contributed by atoms with Crippen LogP contribution in [0.15, 0.2) is 101 Å². The zero-order valence-electron chi connectivity index (χ0n) is 20.5. The Labute approximate surface area is 223 Å². The predicted molar refractivity (Wildman–Crippen MR) is 151 cm³/mol. The third kappa shape index (κ3) is 4.12. The van der Waals surface area contributed by atoms with Crippen molar-refractivity contribution in [3.05, 3.63) is 119 Å². The van der Waals surface area contributed by atoms with Gasteiger partial charge in [0, 0.05) is 44.8 Å². The Balaban J connectivity index is 1.10. The molecule has 0 spiro atoms. The molecule has 0 saturated heterocycles. The smallest absolute Gasteiger partial charge is 0.256 e. The van der Waals surface area contributed by atoms with E-state index in [4.69, 9.17) is 4.42 Å². The summed E-state index contributed by atoms with van der Waals surface area (Å²) in [5, 5.41) is 14.2. The maximum Gasteiger partial charge on any atom is 0.256 e. The van der Waals surface area contributed by atoms with Crippen molar-refractivity contribution in [1.29, 1.82) is 0 Å². The molecule has 7 heteroatoms. The predicted octanol–water partition coefficient (Wildman–Crippen LogP) is 6.39. The molecule has 1 aromatic heterocycles. The van der Waals surface area contributed by atoms with E-state index in [0.29, 0.717) is 22.9 Å². The number of para-hydroxylation sites is 2. The molecule has 0 fully saturated rings. The Morgan fingerprint density at radius 3 is 1.38 bits per heavy atom. The molecule has 0 saturated carbocycles. The van der Waals surface area contributed by atoms with Gasteiger partial charge in [-0.3, -0.25) is 9.59 Å². The number of anilines is 2. The van der Waals surface area contributed by atoms with E-state index in [0.717, 1.165) is 44.8 Å². The van der Waals surface area contributed by atoms with Crippen LogP contribution in [0.1, 0.15) is 22.3 Å². The molecule has 0 unspecified atom stereocenters. The lowest BCUT2D eigenvalue weighted by atomic mass is 10.0. The van der Waals surface area contributed by atoms with Crippen LogP contribution in [-0.4, -0.2) is 22.0 Å². The average molecular weight is 509 g/mol. The second kappa shape index (κ2) is 9.08. The van der Waals surface area contributed by atoms with Crippen LogP contribution in [0.5, 0.6) is 0 Å². The van der Waals surface area contributed by atoms with Crippen molar-refractivity contribution < 1.29 is 14.0 Å². The van der Waals surface area contributed by atoms with Crippen molar-refractivity contribution in [2.75, 3.05) is 10.6 Å². The maximum absolute atomic E-state index is 12.4. The van der Waals surface area contributed by atoms with E-state index in [1.165, 1.54) is 0 Å². The molecule has 7 rings (SSSR count). The fourth-order valence-electron chi connectivity index (χ4n) is 4.80. The van der Waals surface area contributed by atoms with Gasteiger partial charge < -0.3 is 15.1 Å². The van der Waals surface area contributed by atoms with Gasteiger partial charge in [-0.1, -0.05) is 60.7 Å². The topological polar surface area (TPSA) is 97.1 Å². The van der Waals surface area contributed by atoms with Crippen LogP contribution in [0.4, 0.5) is 11.4 Å². The number of rotatable bonds is 4. The number of nitrogens with one attached hydrogen (secondary N) is 2. The molecule has 3 heterocycles. The number of benzene rings is 4. The summed E-state index contributed by atoms with van der Waals surface area (Å²) < 4.78 is 5.95. The van der Waals surface area contributed by atoms with Crippen molar-refractivity contribution in [2.45, 2.75) is 0 Å². The molecule has 0 atom stereocenters. The van der Waals surface area contributed by atoms with E-state index in [-0.39, 0.29) is 11.8 Å². The number of hydrogen-bond donors (Lipinski definition) is 2. The molecular formula is C32H20N4O3. The van der Waals surface area contributed by atoms with Gasteiger partial charge in [-0.15, -0.1) is 10.2 Å². The van der Waals surface area contributed by atoms with Crippen molar-refractivity contribution >= 4 is 46.5 Å². The highest BCUT2D eigenvalue weighted by Gasteiger charge is 2.24. The van der Waals surface area contributed by atoms with Gasteiger partial charge in [-0.05, 0) is 59.7 Å². The van der Waals surface area contributed by atoms with E-state index in [9.17, 15) is 9.59 Å². The summed E-state index contributed by atoms with van der Waals surface area (Å²) in [5.41, 5.74) is 8.04. The quantitative estimate of drug-likeness (QED) is 0.274. The molecule has 7 nitrogen and oxygen atoms in total. The third-order valence-electron chi connectivity index (χ3n) is 6.78. The van der Waals surface area contributed by atoms with Gasteiger partial charge in [0.15, 0.2) is 0 Å². The third-order valence-corrected chi connectivity index (χ3v) is 6.78. The Kier molecular flexibility index (Phi) is 5.26. The summed E-state index contributed by atoms with van der Waals surface area (Å²) in [5.74, 6) is 0.581. The molecule has 0 aliphatic carbocycles. The van der Waals surface area contributed by atoms with Crippen molar-refractivity contribution in [3.8, 4) is 22.9 Å². The lowest BCUT2D eigenvalue weighted by Crippen LogP contribution is -2.03. The first kappa shape index (κ1) is 22.6. The Hall–Kier alpha value is -5.56. The number of fused-ring (bicyclic) bond motifs is 2. The summed E-state index contributed by atoms with van der Waals surface area (Å²) in [4.78, 5) is 24.8. The van der Waals surface area contributed by atoms with Crippen LogP contribution in [0.2, 0.25) is 0 Å². The second-order valence-corrected chi connectivity index (χ2v) is 9.27. The lowest BCUT2D eigenvalue weighted by Gasteiger charge is -2.01. The van der Waals surface area contributed by atoms with E-state index >= 15 is 0 Å². The van der Waals surface area contributed by atoms with E-state index < -0.39 is 0 Å². The van der Waals surface area contributed by atoms with Crippen LogP contribution < -0.4 is 10.6 Å². The Morgan fingerprint density at radius 2 is 0.949 bits per heavy atom. The zero-order chi connectivity index (χ0) is 26.3. The fourth-order valence-corrected chi connectivity index (χ4v) is 4.80. The number of hydrogen-bond acceptors (Lipinski definition) is 5. The lowest BCUT2D eigenvalue weighted by molar-refractivity contribution is -0.111.